The van der Waals surface area contributed by atoms with Crippen molar-refractivity contribution in [2.24, 2.45) is 0 Å². The zero-order valence-electron chi connectivity index (χ0n) is 7.54. The molecule has 0 aliphatic rings. The van der Waals surface area contributed by atoms with Crippen LogP contribution < -0.4 is 0 Å². The van der Waals surface area contributed by atoms with Gasteiger partial charge in [0, 0.05) is 0 Å². The lowest BCUT2D eigenvalue weighted by Gasteiger charge is -1.79. The summed E-state index contributed by atoms with van der Waals surface area (Å²) in [6.45, 7) is 14.4. The van der Waals surface area contributed by atoms with Gasteiger partial charge in [-0.05, 0) is 0 Å². The van der Waals surface area contributed by atoms with Gasteiger partial charge in [0.2, 0.25) is 0 Å². The Hall–Kier alpha value is -0.260. The van der Waals surface area contributed by atoms with Crippen LogP contribution in [0.4, 0.5) is 0 Å². The molecule has 9 heavy (non-hydrogen) atoms. The quantitative estimate of drug-likeness (QED) is 0.495. The van der Waals surface area contributed by atoms with Gasteiger partial charge < -0.3 is 0 Å². The van der Waals surface area contributed by atoms with Crippen LogP contribution in [0.2, 0.25) is 0 Å². The molecule has 0 heteroatoms. The number of hydrogen-bond donors (Lipinski definition) is 0. The first-order chi connectivity index (χ1) is 4.41. The first-order valence-corrected chi connectivity index (χ1v) is 3.91. The maximum Gasteiger partial charge on any atom is -0.0538 e. The third kappa shape index (κ3) is 84.2. The maximum absolute atomic E-state index is 3.00. The molecule has 0 nitrogen and oxygen atoms in total. The summed E-state index contributed by atoms with van der Waals surface area (Å²) in [5.41, 5.74) is 0. The maximum atomic E-state index is 3.00. The molecule has 0 spiro atoms. The molecule has 0 aliphatic carbocycles. The van der Waals surface area contributed by atoms with Crippen LogP contribution in [0.5, 0.6) is 0 Å². The van der Waals surface area contributed by atoms with Crippen LogP contribution in [0.1, 0.15) is 47.0 Å². The summed E-state index contributed by atoms with van der Waals surface area (Å²) < 4.78 is 0. The molecule has 0 rings (SSSR count). The molecule has 0 heterocycles. The van der Waals surface area contributed by atoms with Gasteiger partial charge in [0.1, 0.15) is 0 Å². The van der Waals surface area contributed by atoms with E-state index in [1.165, 1.54) is 19.3 Å². The van der Waals surface area contributed by atoms with Crippen LogP contribution in [0.25, 0.3) is 0 Å². The van der Waals surface area contributed by atoms with Gasteiger partial charge in [-0.3, -0.25) is 0 Å². The molecular formula is C9H22. The minimum Gasteiger partial charge on any atom is -0.106 e. The Morgan fingerprint density at radius 1 is 0.889 bits per heavy atom. The predicted molar refractivity (Wildman–Crippen MR) is 47.8 cm³/mol. The monoisotopic (exact) mass is 130 g/mol. The van der Waals surface area contributed by atoms with Gasteiger partial charge in [-0.25, -0.2) is 0 Å². The van der Waals surface area contributed by atoms with E-state index in [2.05, 4.69) is 27.0 Å². The zero-order chi connectivity index (χ0) is 8.12. The first-order valence-electron chi connectivity index (χ1n) is 3.91. The summed E-state index contributed by atoms with van der Waals surface area (Å²) in [5.74, 6) is 0. The van der Waals surface area contributed by atoms with E-state index in [4.69, 9.17) is 0 Å². The minimum absolute atomic E-state index is 1.34. The van der Waals surface area contributed by atoms with E-state index in [0.717, 1.165) is 0 Å². The molecule has 0 unspecified atom stereocenters. The second-order valence-electron chi connectivity index (χ2n) is 1.35. The highest BCUT2D eigenvalue weighted by molar-refractivity contribution is 4.24. The highest BCUT2D eigenvalue weighted by Gasteiger charge is 1.68. The van der Waals surface area contributed by atoms with Crippen molar-refractivity contribution in [2.45, 2.75) is 47.0 Å². The summed E-state index contributed by atoms with van der Waals surface area (Å²) in [6, 6.07) is 0. The Morgan fingerprint density at radius 3 is 1.11 bits per heavy atom. The fourth-order valence-electron chi connectivity index (χ4n) is 0.354. The molecule has 0 N–H and O–H groups in total. The van der Waals surface area contributed by atoms with E-state index >= 15 is 0 Å². The highest BCUT2D eigenvalue weighted by atomic mass is 13.7. The van der Waals surface area contributed by atoms with E-state index < -0.39 is 0 Å². The third-order valence-electron chi connectivity index (χ3n) is 0.707. The number of unbranched alkanes of at least 4 members (excludes halogenated alkanes) is 2. The van der Waals surface area contributed by atoms with E-state index in [1.807, 2.05) is 13.8 Å². The standard InChI is InChI=1S/C5H12.C2H6.C2H4/c1-3-5-4-2;2*1-2/h3-5H2,1-2H3;1-2H3;1-2H2. The Kier molecular flexibility index (Phi) is 82.7. The average Bonchev–Trinajstić information content (AvgIpc) is 1.98. The smallest absolute Gasteiger partial charge is 0.0538 e. The summed E-state index contributed by atoms with van der Waals surface area (Å²) in [4.78, 5) is 0. The molecule has 58 valence electrons. The van der Waals surface area contributed by atoms with Crippen LogP contribution in [0, 0.1) is 0 Å². The van der Waals surface area contributed by atoms with Gasteiger partial charge in [0.15, 0.2) is 0 Å². The Morgan fingerprint density at radius 2 is 1.11 bits per heavy atom. The summed E-state index contributed by atoms with van der Waals surface area (Å²) in [7, 11) is 0. The van der Waals surface area contributed by atoms with Crippen LogP contribution in [0.15, 0.2) is 13.2 Å². The van der Waals surface area contributed by atoms with Crippen LogP contribution >= 0.6 is 0 Å². The van der Waals surface area contributed by atoms with Crippen molar-refractivity contribution < 1.29 is 0 Å². The molecule has 0 radical (unpaired) electrons. The summed E-state index contributed by atoms with van der Waals surface area (Å²) in [6.07, 6.45) is 4.08. The van der Waals surface area contributed by atoms with Crippen LogP contribution in [0.3, 0.4) is 0 Å². The fourth-order valence-corrected chi connectivity index (χ4v) is 0.354. The molecule has 0 saturated heterocycles. The van der Waals surface area contributed by atoms with E-state index in [9.17, 15) is 0 Å². The number of hydrogen-bond acceptors (Lipinski definition) is 0. The van der Waals surface area contributed by atoms with Gasteiger partial charge in [-0.2, -0.15) is 0 Å². The molecule has 0 aliphatic heterocycles. The lowest BCUT2D eigenvalue weighted by molar-refractivity contribution is 0.772. The second-order valence-corrected chi connectivity index (χ2v) is 1.35. The molecule has 0 fully saturated rings. The molecule has 0 bridgehead atoms. The van der Waals surface area contributed by atoms with Gasteiger partial charge in [-0.1, -0.05) is 47.0 Å². The van der Waals surface area contributed by atoms with Crippen molar-refractivity contribution >= 4 is 0 Å². The lowest BCUT2D eigenvalue weighted by atomic mass is 10.3. The van der Waals surface area contributed by atoms with Crippen molar-refractivity contribution in [1.29, 1.82) is 0 Å². The normalized spacial score (nSPS) is 5.78. The molecular weight excluding hydrogens is 108 g/mol. The SMILES string of the molecule is C=C.CC.CCCCC. The van der Waals surface area contributed by atoms with Gasteiger partial charge in [-0.15, -0.1) is 13.2 Å². The first kappa shape index (κ1) is 15.9. The fraction of sp³-hybridized carbons (Fsp3) is 0.778. The molecule has 0 aromatic carbocycles. The third-order valence-corrected chi connectivity index (χ3v) is 0.707. The Bertz CT molecular complexity index is 14.0. The Labute approximate surface area is 61.0 Å². The molecule has 0 aromatic heterocycles. The van der Waals surface area contributed by atoms with E-state index in [1.54, 1.807) is 0 Å². The van der Waals surface area contributed by atoms with Crippen molar-refractivity contribution in [2.75, 3.05) is 0 Å². The second kappa shape index (κ2) is 46.8. The van der Waals surface area contributed by atoms with Crippen molar-refractivity contribution in [3.63, 3.8) is 0 Å². The number of rotatable bonds is 2. The Balaban J connectivity index is -0.0000000771. The van der Waals surface area contributed by atoms with E-state index in [0.29, 0.717) is 0 Å². The summed E-state index contributed by atoms with van der Waals surface area (Å²) in [5, 5.41) is 0. The predicted octanol–water partition coefficient (Wildman–Crippen LogP) is 4.02. The van der Waals surface area contributed by atoms with E-state index in [-0.39, 0.29) is 0 Å². The van der Waals surface area contributed by atoms with Crippen molar-refractivity contribution in [3.05, 3.63) is 13.2 Å². The zero-order valence-corrected chi connectivity index (χ0v) is 7.54. The van der Waals surface area contributed by atoms with Crippen LogP contribution in [-0.4, -0.2) is 0 Å². The topological polar surface area (TPSA) is 0 Å². The van der Waals surface area contributed by atoms with Crippen molar-refractivity contribution in [1.82, 2.24) is 0 Å². The lowest BCUT2D eigenvalue weighted by Crippen LogP contribution is -1.59. The largest absolute Gasteiger partial charge is 0.106 e. The molecule has 0 amide bonds. The molecule has 0 aromatic rings. The molecule has 0 atom stereocenters. The van der Waals surface area contributed by atoms with Crippen molar-refractivity contribution in [3.8, 4) is 0 Å². The average molecular weight is 130 g/mol. The highest BCUT2D eigenvalue weighted by Crippen LogP contribution is 1.88. The van der Waals surface area contributed by atoms with Gasteiger partial charge >= 0.3 is 0 Å². The summed E-state index contributed by atoms with van der Waals surface area (Å²) >= 11 is 0. The van der Waals surface area contributed by atoms with Gasteiger partial charge in [0.05, 0.1) is 0 Å². The van der Waals surface area contributed by atoms with Gasteiger partial charge in [0.25, 0.3) is 0 Å². The molecule has 0 saturated carbocycles. The van der Waals surface area contributed by atoms with Crippen LogP contribution in [-0.2, 0) is 0 Å². The minimum atomic E-state index is 1.34.